The number of benzene rings is 1. The maximum absolute atomic E-state index is 13.0. The Hall–Kier alpha value is -2.95. The van der Waals surface area contributed by atoms with E-state index in [4.69, 9.17) is 4.74 Å². The Morgan fingerprint density at radius 1 is 1.14 bits per heavy atom. The number of ether oxygens (including phenoxy) is 1. The normalized spacial score (nSPS) is 18.4. The summed E-state index contributed by atoms with van der Waals surface area (Å²) in [6, 6.07) is 7.86. The van der Waals surface area contributed by atoms with Gasteiger partial charge in [0, 0.05) is 17.2 Å². The predicted octanol–water partition coefficient (Wildman–Crippen LogP) is 5.31. The molecule has 0 radical (unpaired) electrons. The molecule has 1 aromatic carbocycles. The van der Waals surface area contributed by atoms with Gasteiger partial charge in [0.2, 0.25) is 5.78 Å². The monoisotopic (exact) mass is 387 g/mol. The van der Waals surface area contributed by atoms with Gasteiger partial charge < -0.3 is 4.74 Å². The maximum Gasteiger partial charge on any atom is 0.232 e. The van der Waals surface area contributed by atoms with Crippen molar-refractivity contribution in [3.05, 3.63) is 58.1 Å². The first-order chi connectivity index (χ1) is 14.1. The fourth-order valence-corrected chi connectivity index (χ4v) is 4.60. The summed E-state index contributed by atoms with van der Waals surface area (Å²) in [6.07, 6.45) is 9.22. The number of hydrogen-bond donors (Lipinski definition) is 1. The number of pyridine rings is 1. The van der Waals surface area contributed by atoms with E-state index in [0.717, 1.165) is 23.3 Å². The number of ketones is 1. The molecule has 5 nitrogen and oxygen atoms in total. The van der Waals surface area contributed by atoms with Crippen molar-refractivity contribution in [2.75, 3.05) is 0 Å². The highest BCUT2D eigenvalue weighted by Gasteiger charge is 2.31. The molecule has 1 saturated carbocycles. The van der Waals surface area contributed by atoms with Crippen LogP contribution in [0.1, 0.15) is 65.0 Å². The Bertz CT molecular complexity index is 1140. The molecule has 2 aliphatic rings. The van der Waals surface area contributed by atoms with E-state index in [1.807, 2.05) is 25.1 Å². The molecule has 0 bridgehead atoms. The Kier molecular flexibility index (Phi) is 4.46. The van der Waals surface area contributed by atoms with Crippen molar-refractivity contribution in [2.45, 2.75) is 52.4 Å². The summed E-state index contributed by atoms with van der Waals surface area (Å²) in [5.74, 6) is 1.71. The van der Waals surface area contributed by atoms with Crippen molar-refractivity contribution < 1.29 is 9.53 Å². The Morgan fingerprint density at radius 2 is 1.97 bits per heavy atom. The predicted molar refractivity (Wildman–Crippen MR) is 113 cm³/mol. The smallest absolute Gasteiger partial charge is 0.232 e. The molecule has 1 fully saturated rings. The van der Waals surface area contributed by atoms with Crippen molar-refractivity contribution in [1.82, 2.24) is 15.2 Å². The Labute approximate surface area is 170 Å². The molecule has 0 saturated heterocycles. The second-order valence-corrected chi connectivity index (χ2v) is 8.34. The molecule has 3 heterocycles. The lowest BCUT2D eigenvalue weighted by molar-refractivity contribution is 0.101. The van der Waals surface area contributed by atoms with Gasteiger partial charge in [0.1, 0.15) is 5.75 Å². The number of aromatic amines is 1. The molecule has 1 aliphatic carbocycles. The van der Waals surface area contributed by atoms with Crippen molar-refractivity contribution in [3.8, 4) is 5.75 Å². The zero-order valence-electron chi connectivity index (χ0n) is 16.9. The van der Waals surface area contributed by atoms with E-state index in [2.05, 4.69) is 28.2 Å². The average molecular weight is 387 g/mol. The third-order valence-electron chi connectivity index (χ3n) is 6.25. The van der Waals surface area contributed by atoms with E-state index in [0.29, 0.717) is 28.6 Å². The van der Waals surface area contributed by atoms with E-state index in [9.17, 15) is 4.79 Å². The maximum atomic E-state index is 13.0. The Balaban J connectivity index is 1.50. The summed E-state index contributed by atoms with van der Waals surface area (Å²) in [4.78, 5) is 17.5. The van der Waals surface area contributed by atoms with Crippen LogP contribution >= 0.6 is 0 Å². The fraction of sp³-hybridized carbons (Fsp3) is 0.375. The van der Waals surface area contributed by atoms with E-state index in [-0.39, 0.29) is 5.78 Å². The number of H-pyrrole nitrogens is 1. The number of rotatable bonds is 3. The molecule has 5 heteroatoms. The summed E-state index contributed by atoms with van der Waals surface area (Å²) >= 11 is 0. The largest absolute Gasteiger partial charge is 0.452 e. The summed E-state index contributed by atoms with van der Waals surface area (Å²) in [5, 5.41) is 8.16. The van der Waals surface area contributed by atoms with Gasteiger partial charge in [0.25, 0.3) is 0 Å². The van der Waals surface area contributed by atoms with Crippen LogP contribution in [0.15, 0.2) is 30.0 Å². The van der Waals surface area contributed by atoms with Crippen molar-refractivity contribution in [3.63, 3.8) is 0 Å². The second-order valence-electron chi connectivity index (χ2n) is 8.34. The quantitative estimate of drug-likeness (QED) is 0.618. The molecule has 0 amide bonds. The number of allylic oxidation sites excluding steroid dienone is 1. The zero-order valence-corrected chi connectivity index (χ0v) is 16.9. The molecule has 0 atom stereocenters. The average Bonchev–Trinajstić information content (AvgIpc) is 3.26. The zero-order chi connectivity index (χ0) is 20.0. The van der Waals surface area contributed by atoms with Crippen LogP contribution in [-0.2, 0) is 6.42 Å². The van der Waals surface area contributed by atoms with E-state index >= 15 is 0 Å². The topological polar surface area (TPSA) is 67.9 Å². The number of Topliss-reactive ketones (excluding diaryl/α,β-unsaturated/α-hetero) is 1. The minimum atomic E-state index is -0.0684. The minimum absolute atomic E-state index is 0.0684. The van der Waals surface area contributed by atoms with Gasteiger partial charge in [-0.15, -0.1) is 0 Å². The lowest BCUT2D eigenvalue weighted by Gasteiger charge is -2.23. The number of fused-ring (bicyclic) bond motifs is 2. The van der Waals surface area contributed by atoms with E-state index in [1.54, 1.807) is 6.08 Å². The number of aryl methyl sites for hydroxylation is 2. The van der Waals surface area contributed by atoms with Gasteiger partial charge in [-0.25, -0.2) is 4.98 Å². The molecule has 1 aliphatic heterocycles. The molecular weight excluding hydrogens is 362 g/mol. The Morgan fingerprint density at radius 3 is 2.79 bits per heavy atom. The third-order valence-corrected chi connectivity index (χ3v) is 6.25. The van der Waals surface area contributed by atoms with Gasteiger partial charge in [-0.1, -0.05) is 38.2 Å². The van der Waals surface area contributed by atoms with Crippen LogP contribution in [0.3, 0.4) is 0 Å². The summed E-state index contributed by atoms with van der Waals surface area (Å²) < 4.78 is 6.16. The van der Waals surface area contributed by atoms with Crippen LogP contribution in [0, 0.1) is 19.8 Å². The lowest BCUT2D eigenvalue weighted by atomic mass is 9.83. The first-order valence-electron chi connectivity index (χ1n) is 10.5. The molecule has 2 aromatic heterocycles. The number of nitrogens with one attached hydrogen (secondary N) is 1. The minimum Gasteiger partial charge on any atom is -0.452 e. The number of carbonyl (C=O) groups is 1. The first-order valence-corrected chi connectivity index (χ1v) is 10.5. The number of nitrogens with zero attached hydrogens (tertiary/aromatic N) is 2. The summed E-state index contributed by atoms with van der Waals surface area (Å²) in [7, 11) is 0. The molecule has 0 unspecified atom stereocenters. The standard InChI is InChI=1S/C24H25N3O2/c1-14-8-10-18-22(28)21(13-20-17-11-9-15(2)25-24(17)27-26-20)29-23(18)19(14)12-16-6-4-3-5-7-16/h8-11,13,16H,3-7,12H2,1-2H3,(H,25,26,27)/b21-13-. The van der Waals surface area contributed by atoms with E-state index in [1.165, 1.54) is 43.2 Å². The van der Waals surface area contributed by atoms with Crippen molar-refractivity contribution >= 4 is 22.9 Å². The highest BCUT2D eigenvalue weighted by molar-refractivity contribution is 6.15. The van der Waals surface area contributed by atoms with Crippen molar-refractivity contribution in [1.29, 1.82) is 0 Å². The number of carbonyl (C=O) groups excluding carboxylic acids is 1. The van der Waals surface area contributed by atoms with Gasteiger partial charge in [-0.3, -0.25) is 9.89 Å². The van der Waals surface area contributed by atoms with Gasteiger partial charge >= 0.3 is 0 Å². The van der Waals surface area contributed by atoms with Crippen LogP contribution in [-0.4, -0.2) is 21.0 Å². The first kappa shape index (κ1) is 18.1. The molecule has 1 N–H and O–H groups in total. The molecule has 3 aromatic rings. The molecule has 5 rings (SSSR count). The van der Waals surface area contributed by atoms with Gasteiger partial charge in [0.15, 0.2) is 11.4 Å². The lowest BCUT2D eigenvalue weighted by Crippen LogP contribution is -2.10. The highest BCUT2D eigenvalue weighted by atomic mass is 16.5. The van der Waals surface area contributed by atoms with Crippen molar-refractivity contribution in [2.24, 2.45) is 5.92 Å². The van der Waals surface area contributed by atoms with Crippen LogP contribution in [0.5, 0.6) is 5.75 Å². The molecular formula is C24H25N3O2. The van der Waals surface area contributed by atoms with Crippen LogP contribution < -0.4 is 4.74 Å². The SMILES string of the molecule is Cc1ccc2c(/C=C3\Oc4c(ccc(C)c4CC4CCCCC4)C3=O)n[nH]c2n1. The highest BCUT2D eigenvalue weighted by Crippen LogP contribution is 2.40. The van der Waals surface area contributed by atoms with Gasteiger partial charge in [-0.05, 0) is 55.5 Å². The van der Waals surface area contributed by atoms with Crippen LogP contribution in [0.4, 0.5) is 0 Å². The molecule has 148 valence electrons. The third kappa shape index (κ3) is 3.24. The summed E-state index contributed by atoms with van der Waals surface area (Å²) in [6.45, 7) is 4.05. The van der Waals surface area contributed by atoms with E-state index < -0.39 is 0 Å². The second kappa shape index (κ2) is 7.14. The van der Waals surface area contributed by atoms with Crippen LogP contribution in [0.25, 0.3) is 17.1 Å². The summed E-state index contributed by atoms with van der Waals surface area (Å²) in [5.41, 5.74) is 5.37. The van der Waals surface area contributed by atoms with Gasteiger partial charge in [-0.2, -0.15) is 5.10 Å². The number of aromatic nitrogens is 3. The molecule has 29 heavy (non-hydrogen) atoms. The number of hydrogen-bond acceptors (Lipinski definition) is 4. The van der Waals surface area contributed by atoms with Gasteiger partial charge in [0.05, 0.1) is 11.3 Å². The fourth-order valence-electron chi connectivity index (χ4n) is 4.60. The molecule has 0 spiro atoms. The van der Waals surface area contributed by atoms with Crippen LogP contribution in [0.2, 0.25) is 0 Å².